The molecule has 2 saturated heterocycles. The normalized spacial score (nSPS) is 21.6. The van der Waals surface area contributed by atoms with Gasteiger partial charge in [0.2, 0.25) is 12.2 Å². The maximum Gasteiger partial charge on any atom is 0.288 e. The van der Waals surface area contributed by atoms with Crippen LogP contribution in [-0.4, -0.2) is 79.8 Å². The van der Waals surface area contributed by atoms with E-state index in [1.807, 2.05) is 36.4 Å². The number of para-hydroxylation sites is 1. The Kier molecular flexibility index (Phi) is 8.31. The van der Waals surface area contributed by atoms with Crippen molar-refractivity contribution in [1.29, 1.82) is 0 Å². The molecule has 3 heterocycles. The van der Waals surface area contributed by atoms with E-state index < -0.39 is 11.8 Å². The number of allylic oxidation sites excluding steroid dienone is 1. The number of benzene rings is 3. The van der Waals surface area contributed by atoms with Gasteiger partial charge in [0.25, 0.3) is 5.91 Å². The number of piperidine rings is 1. The Morgan fingerprint density at radius 1 is 0.956 bits per heavy atom. The first kappa shape index (κ1) is 29.5. The number of aliphatic hydroxyl groups excluding tert-OH is 1. The van der Waals surface area contributed by atoms with Crippen LogP contribution in [0.5, 0.6) is 0 Å². The van der Waals surface area contributed by atoms with Gasteiger partial charge in [0.05, 0.1) is 33.1 Å². The number of hydrogen-bond acceptors (Lipinski definition) is 7. The van der Waals surface area contributed by atoms with Crippen LogP contribution in [0.15, 0.2) is 84.6 Å². The third kappa shape index (κ3) is 5.60. The topological polar surface area (TPSA) is 101 Å². The third-order valence-electron chi connectivity index (χ3n) is 9.60. The van der Waals surface area contributed by atoms with Crippen molar-refractivity contribution >= 4 is 17.5 Å². The Bertz CT molecular complexity index is 1580. The minimum atomic E-state index is -0.678. The zero-order valence-electron chi connectivity index (χ0n) is 25.3. The zero-order chi connectivity index (χ0) is 30.8. The van der Waals surface area contributed by atoms with Gasteiger partial charge in [0.1, 0.15) is 5.54 Å². The van der Waals surface area contributed by atoms with Gasteiger partial charge in [-0.3, -0.25) is 9.59 Å². The number of nitrogens with zero attached hydrogens (tertiary/aromatic N) is 2. The van der Waals surface area contributed by atoms with Crippen LogP contribution in [0.3, 0.4) is 0 Å². The maximum atomic E-state index is 14.0. The fraction of sp³-hybridized carbons (Fsp3) is 0.389. The SMILES string of the molecule is O=C(C1=CC(c2cccc3c2Cc2ccccc2-3)CC(OCCOCCO)O1)N1CCC2(CC1)C(=O)NCN2c1ccccc1. The van der Waals surface area contributed by atoms with Gasteiger partial charge in [-0.15, -0.1) is 0 Å². The van der Waals surface area contributed by atoms with Gasteiger partial charge in [0.15, 0.2) is 5.76 Å². The lowest BCUT2D eigenvalue weighted by atomic mass is 9.85. The van der Waals surface area contributed by atoms with Gasteiger partial charge < -0.3 is 34.4 Å². The van der Waals surface area contributed by atoms with Crippen molar-refractivity contribution < 1.29 is 28.9 Å². The standard InChI is InChI=1S/C36H39N3O6/c40-17-18-43-19-20-44-33-23-26(29-11-6-12-30-28-10-5-4-7-25(28)21-31(29)30)22-32(45-33)34(41)38-15-13-36(14-16-38)35(42)37-24-39(36)27-8-2-1-3-9-27/h1-12,22,26,33,40H,13-21,23-24H2,(H,37,42). The molecule has 4 aliphatic rings. The Hall–Kier alpha value is -4.18. The van der Waals surface area contributed by atoms with E-state index in [2.05, 4.69) is 52.7 Å². The predicted molar refractivity (Wildman–Crippen MR) is 169 cm³/mol. The summed E-state index contributed by atoms with van der Waals surface area (Å²) in [6, 6.07) is 24.9. The Labute approximate surface area is 263 Å². The van der Waals surface area contributed by atoms with E-state index in [-0.39, 0.29) is 43.3 Å². The first-order valence-corrected chi connectivity index (χ1v) is 15.9. The van der Waals surface area contributed by atoms with Crippen molar-refractivity contribution in [3.8, 4) is 11.1 Å². The number of likely N-dealkylation sites (tertiary alicyclic amines) is 1. The second-order valence-corrected chi connectivity index (χ2v) is 12.1. The van der Waals surface area contributed by atoms with Crippen LogP contribution >= 0.6 is 0 Å². The Morgan fingerprint density at radius 3 is 2.56 bits per heavy atom. The first-order valence-electron chi connectivity index (χ1n) is 15.9. The number of ether oxygens (including phenoxy) is 3. The highest BCUT2D eigenvalue weighted by Crippen LogP contribution is 2.43. The number of aliphatic hydroxyl groups is 1. The van der Waals surface area contributed by atoms with Crippen molar-refractivity contribution in [3.05, 3.63) is 101 Å². The maximum absolute atomic E-state index is 14.0. The Balaban J connectivity index is 1.12. The summed E-state index contributed by atoms with van der Waals surface area (Å²) in [6.45, 7) is 2.14. The van der Waals surface area contributed by atoms with E-state index in [0.717, 1.165) is 12.1 Å². The van der Waals surface area contributed by atoms with Crippen LogP contribution in [-0.2, 0) is 30.2 Å². The summed E-state index contributed by atoms with van der Waals surface area (Å²) in [4.78, 5) is 31.2. The van der Waals surface area contributed by atoms with Gasteiger partial charge in [-0.05, 0) is 65.3 Å². The molecule has 234 valence electrons. The van der Waals surface area contributed by atoms with Crippen LogP contribution in [0, 0.1) is 0 Å². The van der Waals surface area contributed by atoms with E-state index in [4.69, 9.17) is 19.3 Å². The summed E-state index contributed by atoms with van der Waals surface area (Å²) in [5.41, 5.74) is 6.60. The molecule has 0 saturated carbocycles. The monoisotopic (exact) mass is 609 g/mol. The number of carbonyl (C=O) groups is 2. The van der Waals surface area contributed by atoms with E-state index >= 15 is 0 Å². The first-order chi connectivity index (χ1) is 22.1. The molecule has 3 aliphatic heterocycles. The summed E-state index contributed by atoms with van der Waals surface area (Å²) in [5, 5.41) is 12.1. The van der Waals surface area contributed by atoms with Gasteiger partial charge >= 0.3 is 0 Å². The molecule has 0 bridgehead atoms. The number of rotatable bonds is 9. The molecule has 45 heavy (non-hydrogen) atoms. The predicted octanol–water partition coefficient (Wildman–Crippen LogP) is 3.95. The van der Waals surface area contributed by atoms with Crippen LogP contribution in [0.2, 0.25) is 0 Å². The molecule has 1 spiro atoms. The van der Waals surface area contributed by atoms with Crippen molar-refractivity contribution in [1.82, 2.24) is 10.2 Å². The molecule has 9 heteroatoms. The molecule has 0 aromatic heterocycles. The number of nitrogens with one attached hydrogen (secondary N) is 1. The van der Waals surface area contributed by atoms with Gasteiger partial charge in [-0.2, -0.15) is 0 Å². The highest BCUT2D eigenvalue weighted by molar-refractivity contribution is 5.95. The number of anilines is 1. The molecule has 2 N–H and O–H groups in total. The summed E-state index contributed by atoms with van der Waals surface area (Å²) in [6.07, 6.45) is 3.82. The fourth-order valence-corrected chi connectivity index (χ4v) is 7.33. The van der Waals surface area contributed by atoms with Crippen molar-refractivity contribution in [3.63, 3.8) is 0 Å². The average molecular weight is 610 g/mol. The molecule has 2 unspecified atom stereocenters. The Morgan fingerprint density at radius 2 is 1.73 bits per heavy atom. The summed E-state index contributed by atoms with van der Waals surface area (Å²) in [5.74, 6) is 0.0469. The summed E-state index contributed by atoms with van der Waals surface area (Å²) < 4.78 is 17.7. The number of fused-ring (bicyclic) bond motifs is 3. The van der Waals surface area contributed by atoms with E-state index in [0.29, 0.717) is 45.6 Å². The van der Waals surface area contributed by atoms with Gasteiger partial charge in [-0.1, -0.05) is 60.7 Å². The average Bonchev–Trinajstić information content (AvgIpc) is 3.62. The largest absolute Gasteiger partial charge is 0.459 e. The smallest absolute Gasteiger partial charge is 0.288 e. The fourth-order valence-electron chi connectivity index (χ4n) is 7.33. The zero-order valence-corrected chi connectivity index (χ0v) is 25.3. The molecular weight excluding hydrogens is 570 g/mol. The van der Waals surface area contributed by atoms with Gasteiger partial charge in [0, 0.05) is 31.1 Å². The van der Waals surface area contributed by atoms with E-state index in [9.17, 15) is 9.59 Å². The molecule has 3 aromatic rings. The van der Waals surface area contributed by atoms with E-state index in [1.54, 1.807) is 4.90 Å². The lowest BCUT2D eigenvalue weighted by Gasteiger charge is -2.43. The number of amides is 2. The molecule has 2 amide bonds. The second-order valence-electron chi connectivity index (χ2n) is 12.1. The van der Waals surface area contributed by atoms with Crippen LogP contribution in [0.4, 0.5) is 5.69 Å². The van der Waals surface area contributed by atoms with Crippen LogP contribution < -0.4 is 10.2 Å². The molecule has 1 aliphatic carbocycles. The van der Waals surface area contributed by atoms with Crippen LogP contribution in [0.1, 0.15) is 41.9 Å². The summed E-state index contributed by atoms with van der Waals surface area (Å²) in [7, 11) is 0. The quantitative estimate of drug-likeness (QED) is 0.277. The van der Waals surface area contributed by atoms with Crippen molar-refractivity contribution in [2.75, 3.05) is 51.1 Å². The van der Waals surface area contributed by atoms with Crippen LogP contribution in [0.25, 0.3) is 11.1 Å². The minimum Gasteiger partial charge on any atom is -0.459 e. The second kappa shape index (κ2) is 12.7. The lowest BCUT2D eigenvalue weighted by molar-refractivity contribution is -0.157. The number of carbonyl (C=O) groups excluding carboxylic acids is 2. The molecule has 2 fully saturated rings. The van der Waals surface area contributed by atoms with Crippen molar-refractivity contribution in [2.24, 2.45) is 0 Å². The molecule has 2 atom stereocenters. The molecule has 3 aromatic carbocycles. The molecular formula is C36H39N3O6. The molecule has 0 radical (unpaired) electrons. The highest BCUT2D eigenvalue weighted by atomic mass is 16.7. The van der Waals surface area contributed by atoms with E-state index in [1.165, 1.54) is 27.8 Å². The summed E-state index contributed by atoms with van der Waals surface area (Å²) >= 11 is 0. The molecule has 7 rings (SSSR count). The van der Waals surface area contributed by atoms with Gasteiger partial charge in [-0.25, -0.2) is 0 Å². The highest BCUT2D eigenvalue weighted by Gasteiger charge is 2.51. The minimum absolute atomic E-state index is 0.0162. The number of hydrogen-bond donors (Lipinski definition) is 2. The molecule has 9 nitrogen and oxygen atoms in total. The van der Waals surface area contributed by atoms with Crippen molar-refractivity contribution in [2.45, 2.75) is 43.4 Å². The third-order valence-corrected chi connectivity index (χ3v) is 9.60. The lowest BCUT2D eigenvalue weighted by Crippen LogP contribution is -2.57.